The molecule has 0 aliphatic rings. The Hall–Kier alpha value is -1.89. The monoisotopic (exact) mass is 308 g/mol. The number of esters is 1. The van der Waals surface area contributed by atoms with Crippen LogP contribution >= 0.6 is 11.3 Å². The van der Waals surface area contributed by atoms with E-state index in [0.29, 0.717) is 11.8 Å². The molecule has 0 saturated heterocycles. The van der Waals surface area contributed by atoms with Gasteiger partial charge in [0, 0.05) is 11.9 Å². The van der Waals surface area contributed by atoms with E-state index in [1.54, 1.807) is 18.4 Å². The summed E-state index contributed by atoms with van der Waals surface area (Å²) in [5.41, 5.74) is 0. The largest absolute Gasteiger partial charge is 0.467 e. The van der Waals surface area contributed by atoms with Gasteiger partial charge in [-0.2, -0.15) is 4.98 Å². The molecule has 2 aromatic heterocycles. The lowest BCUT2D eigenvalue weighted by Gasteiger charge is -2.21. The van der Waals surface area contributed by atoms with Crippen LogP contribution in [0, 0.1) is 12.8 Å². The number of aromatic nitrogens is 2. The van der Waals surface area contributed by atoms with Crippen molar-refractivity contribution in [2.24, 2.45) is 5.92 Å². The molecule has 0 saturated carbocycles. The fourth-order valence-electron chi connectivity index (χ4n) is 2.04. The van der Waals surface area contributed by atoms with Crippen LogP contribution in [0.25, 0.3) is 10.2 Å². The first kappa shape index (κ1) is 15.5. The standard InChI is InChI=1S/C14H20N4O2S/c1-7(2)10(13(19)20-5)16-11-9-6-8(3)21-12(9)18-14(15-4)17-11/h6-7,10H,1-5H3,(H2,15,16,17,18). The molecule has 0 aromatic carbocycles. The van der Waals surface area contributed by atoms with E-state index < -0.39 is 6.04 Å². The first-order valence-corrected chi connectivity index (χ1v) is 7.58. The van der Waals surface area contributed by atoms with Gasteiger partial charge in [0.2, 0.25) is 5.95 Å². The molecule has 2 rings (SSSR count). The SMILES string of the molecule is CNc1nc(NC(C(=O)OC)C(C)C)c2cc(C)sc2n1. The third-order valence-electron chi connectivity index (χ3n) is 3.15. The van der Waals surface area contributed by atoms with Gasteiger partial charge in [-0.3, -0.25) is 0 Å². The zero-order chi connectivity index (χ0) is 15.6. The number of aryl methyl sites for hydroxylation is 1. The van der Waals surface area contributed by atoms with E-state index in [0.717, 1.165) is 15.1 Å². The van der Waals surface area contributed by atoms with Gasteiger partial charge >= 0.3 is 5.97 Å². The number of anilines is 2. The van der Waals surface area contributed by atoms with Crippen molar-refractivity contribution < 1.29 is 9.53 Å². The summed E-state index contributed by atoms with van der Waals surface area (Å²) >= 11 is 1.60. The number of nitrogens with one attached hydrogen (secondary N) is 2. The van der Waals surface area contributed by atoms with Crippen LogP contribution in [0.15, 0.2) is 6.07 Å². The lowest BCUT2D eigenvalue weighted by atomic mass is 10.0. The minimum atomic E-state index is -0.446. The van der Waals surface area contributed by atoms with Crippen LogP contribution in [0.1, 0.15) is 18.7 Å². The van der Waals surface area contributed by atoms with Gasteiger partial charge in [0.25, 0.3) is 0 Å². The summed E-state index contributed by atoms with van der Waals surface area (Å²) in [6.45, 7) is 5.95. The van der Waals surface area contributed by atoms with Crippen molar-refractivity contribution in [3.63, 3.8) is 0 Å². The maximum absolute atomic E-state index is 11.9. The molecule has 7 heteroatoms. The number of rotatable bonds is 5. The van der Waals surface area contributed by atoms with Gasteiger partial charge in [-0.05, 0) is 18.9 Å². The van der Waals surface area contributed by atoms with E-state index in [-0.39, 0.29) is 11.9 Å². The molecule has 6 nitrogen and oxygen atoms in total. The summed E-state index contributed by atoms with van der Waals surface area (Å²) in [5.74, 6) is 0.965. The summed E-state index contributed by atoms with van der Waals surface area (Å²) in [6.07, 6.45) is 0. The molecule has 0 radical (unpaired) electrons. The second-order valence-corrected chi connectivity index (χ2v) is 6.35. The van der Waals surface area contributed by atoms with Crippen LogP contribution in [0.5, 0.6) is 0 Å². The van der Waals surface area contributed by atoms with Crippen molar-refractivity contribution in [2.45, 2.75) is 26.8 Å². The summed E-state index contributed by atoms with van der Waals surface area (Å²) in [4.78, 5) is 22.8. The molecular formula is C14H20N4O2S. The topological polar surface area (TPSA) is 76.1 Å². The zero-order valence-corrected chi connectivity index (χ0v) is 13.7. The van der Waals surface area contributed by atoms with Crippen molar-refractivity contribution in [2.75, 3.05) is 24.8 Å². The Kier molecular flexibility index (Phi) is 4.62. The van der Waals surface area contributed by atoms with E-state index in [1.807, 2.05) is 26.8 Å². The van der Waals surface area contributed by atoms with Gasteiger partial charge in [0.15, 0.2) is 0 Å². The Labute approximate surface area is 127 Å². The van der Waals surface area contributed by atoms with E-state index in [1.165, 1.54) is 7.11 Å². The second kappa shape index (κ2) is 6.26. The Morgan fingerprint density at radius 2 is 2.10 bits per heavy atom. The molecule has 1 unspecified atom stereocenters. The number of ether oxygens (including phenoxy) is 1. The average molecular weight is 308 g/mol. The molecular weight excluding hydrogens is 288 g/mol. The number of fused-ring (bicyclic) bond motifs is 1. The minimum absolute atomic E-state index is 0.0835. The summed E-state index contributed by atoms with van der Waals surface area (Å²) in [7, 11) is 3.16. The highest BCUT2D eigenvalue weighted by Crippen LogP contribution is 2.30. The first-order valence-electron chi connectivity index (χ1n) is 6.76. The Morgan fingerprint density at radius 1 is 1.38 bits per heavy atom. The van der Waals surface area contributed by atoms with Gasteiger partial charge in [0.05, 0.1) is 12.5 Å². The van der Waals surface area contributed by atoms with Crippen molar-refractivity contribution in [1.29, 1.82) is 0 Å². The van der Waals surface area contributed by atoms with Gasteiger partial charge in [-0.15, -0.1) is 11.3 Å². The van der Waals surface area contributed by atoms with Crippen molar-refractivity contribution in [3.05, 3.63) is 10.9 Å². The molecule has 2 heterocycles. The normalized spacial score (nSPS) is 12.5. The van der Waals surface area contributed by atoms with Crippen LogP contribution in [-0.4, -0.2) is 36.1 Å². The number of nitrogens with zero attached hydrogens (tertiary/aromatic N) is 2. The van der Waals surface area contributed by atoms with Crippen LogP contribution in [0.2, 0.25) is 0 Å². The molecule has 2 aromatic rings. The highest BCUT2D eigenvalue weighted by molar-refractivity contribution is 7.18. The number of methoxy groups -OCH3 is 1. The molecule has 0 aliphatic heterocycles. The third-order valence-corrected chi connectivity index (χ3v) is 4.10. The predicted molar refractivity (Wildman–Crippen MR) is 86.0 cm³/mol. The molecule has 114 valence electrons. The highest BCUT2D eigenvalue weighted by atomic mass is 32.1. The summed E-state index contributed by atoms with van der Waals surface area (Å²) < 4.78 is 4.86. The summed E-state index contributed by atoms with van der Waals surface area (Å²) in [6, 6.07) is 1.58. The van der Waals surface area contributed by atoms with E-state index in [9.17, 15) is 4.79 Å². The molecule has 0 amide bonds. The third kappa shape index (κ3) is 3.24. The van der Waals surface area contributed by atoms with E-state index in [4.69, 9.17) is 4.74 Å². The number of hydrogen-bond acceptors (Lipinski definition) is 7. The molecule has 0 aliphatic carbocycles. The van der Waals surface area contributed by atoms with Gasteiger partial charge in [-0.1, -0.05) is 13.8 Å². The smallest absolute Gasteiger partial charge is 0.328 e. The maximum atomic E-state index is 11.9. The molecule has 0 spiro atoms. The lowest BCUT2D eigenvalue weighted by molar-refractivity contribution is -0.142. The molecule has 0 fully saturated rings. The highest BCUT2D eigenvalue weighted by Gasteiger charge is 2.24. The van der Waals surface area contributed by atoms with Crippen LogP contribution < -0.4 is 10.6 Å². The van der Waals surface area contributed by atoms with Crippen LogP contribution in [0.4, 0.5) is 11.8 Å². The maximum Gasteiger partial charge on any atom is 0.328 e. The molecule has 0 bridgehead atoms. The zero-order valence-electron chi connectivity index (χ0n) is 12.9. The second-order valence-electron chi connectivity index (χ2n) is 5.11. The van der Waals surface area contributed by atoms with E-state index in [2.05, 4.69) is 20.6 Å². The molecule has 1 atom stereocenters. The van der Waals surface area contributed by atoms with Gasteiger partial charge in [0.1, 0.15) is 16.7 Å². The Balaban J connectivity index is 2.46. The van der Waals surface area contributed by atoms with Crippen molar-refractivity contribution in [1.82, 2.24) is 9.97 Å². The molecule has 21 heavy (non-hydrogen) atoms. The quantitative estimate of drug-likeness (QED) is 0.827. The van der Waals surface area contributed by atoms with Crippen LogP contribution in [-0.2, 0) is 9.53 Å². The van der Waals surface area contributed by atoms with Gasteiger partial charge in [-0.25, -0.2) is 9.78 Å². The lowest BCUT2D eigenvalue weighted by Crippen LogP contribution is -2.35. The summed E-state index contributed by atoms with van der Waals surface area (Å²) in [5, 5.41) is 7.07. The molecule has 2 N–H and O–H groups in total. The Morgan fingerprint density at radius 3 is 2.67 bits per heavy atom. The number of thiophene rings is 1. The van der Waals surface area contributed by atoms with E-state index >= 15 is 0 Å². The predicted octanol–water partition coefficient (Wildman–Crippen LogP) is 2.65. The van der Waals surface area contributed by atoms with Crippen molar-refractivity contribution >= 4 is 39.3 Å². The number of carbonyl (C=O) groups excluding carboxylic acids is 1. The first-order chi connectivity index (χ1) is 9.96. The average Bonchev–Trinajstić information content (AvgIpc) is 2.83. The number of hydrogen-bond donors (Lipinski definition) is 2. The Bertz CT molecular complexity index is 654. The fourth-order valence-corrected chi connectivity index (χ4v) is 2.92. The number of carbonyl (C=O) groups is 1. The van der Waals surface area contributed by atoms with Gasteiger partial charge < -0.3 is 15.4 Å². The fraction of sp³-hybridized carbons (Fsp3) is 0.500. The minimum Gasteiger partial charge on any atom is -0.467 e. The van der Waals surface area contributed by atoms with Crippen molar-refractivity contribution in [3.8, 4) is 0 Å². The van der Waals surface area contributed by atoms with Crippen LogP contribution in [0.3, 0.4) is 0 Å².